The Labute approximate surface area is 120 Å². The van der Waals surface area contributed by atoms with Gasteiger partial charge in [-0.1, -0.05) is 6.07 Å². The zero-order chi connectivity index (χ0) is 15.6. The summed E-state index contributed by atoms with van der Waals surface area (Å²) >= 11 is 0. The fourth-order valence-electron chi connectivity index (χ4n) is 1.85. The first kappa shape index (κ1) is 14.6. The molecule has 21 heavy (non-hydrogen) atoms. The minimum Gasteiger partial charge on any atom is -0.460 e. The minimum atomic E-state index is -0.624. The molecule has 0 saturated heterocycles. The smallest absolute Gasteiger partial charge is 0.376 e. The van der Waals surface area contributed by atoms with Crippen LogP contribution in [0.5, 0.6) is 0 Å². The van der Waals surface area contributed by atoms with Crippen LogP contribution in [0, 0.1) is 24.0 Å². The molecule has 2 rings (SSSR count). The highest BCUT2D eigenvalue weighted by Crippen LogP contribution is 2.22. The summed E-state index contributed by atoms with van der Waals surface area (Å²) in [6.07, 6.45) is 0. The zero-order valence-electron chi connectivity index (χ0n) is 11.9. The molecule has 1 aromatic heterocycles. The largest absolute Gasteiger partial charge is 0.460 e. The SMILES string of the molecule is CCOC(=O)c1nc(C)nn1-c1ccc(C)c([N+](=O)[O-])c1. The Kier molecular flexibility index (Phi) is 3.97. The number of aryl methyl sites for hydroxylation is 2. The van der Waals surface area contributed by atoms with Crippen molar-refractivity contribution in [3.05, 3.63) is 45.5 Å². The third kappa shape index (κ3) is 2.88. The highest BCUT2D eigenvalue weighted by molar-refractivity contribution is 5.86. The minimum absolute atomic E-state index is 0.00694. The van der Waals surface area contributed by atoms with E-state index in [-0.39, 0.29) is 18.1 Å². The van der Waals surface area contributed by atoms with Gasteiger partial charge in [-0.2, -0.15) is 5.10 Å². The van der Waals surface area contributed by atoms with Gasteiger partial charge >= 0.3 is 5.97 Å². The summed E-state index contributed by atoms with van der Waals surface area (Å²) in [6, 6.07) is 4.59. The molecule has 2 aromatic rings. The number of nitro benzene ring substituents is 1. The number of benzene rings is 1. The van der Waals surface area contributed by atoms with Crippen molar-refractivity contribution in [3.63, 3.8) is 0 Å². The second-order valence-corrected chi connectivity index (χ2v) is 4.34. The first-order chi connectivity index (χ1) is 9.93. The Bertz CT molecular complexity index is 708. The van der Waals surface area contributed by atoms with E-state index in [1.54, 1.807) is 32.9 Å². The third-order valence-corrected chi connectivity index (χ3v) is 2.81. The normalized spacial score (nSPS) is 10.4. The third-order valence-electron chi connectivity index (χ3n) is 2.81. The van der Waals surface area contributed by atoms with Crippen LogP contribution in [-0.2, 0) is 4.74 Å². The number of nitrogens with zero attached hydrogens (tertiary/aromatic N) is 4. The van der Waals surface area contributed by atoms with Gasteiger partial charge in [-0.15, -0.1) is 0 Å². The first-order valence-electron chi connectivity index (χ1n) is 6.30. The molecule has 0 N–H and O–H groups in total. The van der Waals surface area contributed by atoms with Crippen molar-refractivity contribution in [2.24, 2.45) is 0 Å². The van der Waals surface area contributed by atoms with Gasteiger partial charge in [-0.25, -0.2) is 14.5 Å². The average molecular weight is 290 g/mol. The van der Waals surface area contributed by atoms with Crippen molar-refractivity contribution in [1.29, 1.82) is 0 Å². The van der Waals surface area contributed by atoms with E-state index in [4.69, 9.17) is 4.74 Å². The van der Waals surface area contributed by atoms with E-state index in [1.165, 1.54) is 10.7 Å². The lowest BCUT2D eigenvalue weighted by atomic mass is 10.2. The fraction of sp³-hybridized carbons (Fsp3) is 0.308. The molecule has 1 heterocycles. The Morgan fingerprint density at radius 2 is 2.14 bits per heavy atom. The summed E-state index contributed by atoms with van der Waals surface area (Å²) in [6.45, 7) is 5.16. The van der Waals surface area contributed by atoms with E-state index in [2.05, 4.69) is 10.1 Å². The summed E-state index contributed by atoms with van der Waals surface area (Å²) in [5.41, 5.74) is 0.865. The molecular formula is C13H14N4O4. The van der Waals surface area contributed by atoms with Crippen LogP contribution in [0.25, 0.3) is 5.69 Å². The monoisotopic (exact) mass is 290 g/mol. The topological polar surface area (TPSA) is 100 Å². The van der Waals surface area contributed by atoms with E-state index in [0.29, 0.717) is 17.1 Å². The summed E-state index contributed by atoms with van der Waals surface area (Å²) in [5, 5.41) is 15.1. The Morgan fingerprint density at radius 1 is 1.43 bits per heavy atom. The van der Waals surface area contributed by atoms with Crippen LogP contribution in [0.1, 0.15) is 28.9 Å². The predicted octanol–water partition coefficient (Wildman–Crippen LogP) is 1.97. The lowest BCUT2D eigenvalue weighted by molar-refractivity contribution is -0.385. The molecule has 0 radical (unpaired) electrons. The summed E-state index contributed by atoms with van der Waals surface area (Å²) < 4.78 is 6.16. The molecule has 0 aliphatic heterocycles. The number of ether oxygens (including phenoxy) is 1. The van der Waals surface area contributed by atoms with Crippen LogP contribution in [-0.4, -0.2) is 32.3 Å². The maximum absolute atomic E-state index is 11.9. The Balaban J connectivity index is 2.54. The quantitative estimate of drug-likeness (QED) is 0.485. The first-order valence-corrected chi connectivity index (χ1v) is 6.30. The maximum atomic E-state index is 11.9. The van der Waals surface area contributed by atoms with Crippen molar-refractivity contribution in [1.82, 2.24) is 14.8 Å². The lowest BCUT2D eigenvalue weighted by Gasteiger charge is -2.06. The molecule has 0 fully saturated rings. The highest BCUT2D eigenvalue weighted by atomic mass is 16.6. The van der Waals surface area contributed by atoms with Crippen LogP contribution in [0.4, 0.5) is 5.69 Å². The van der Waals surface area contributed by atoms with Gasteiger partial charge in [0.2, 0.25) is 5.82 Å². The van der Waals surface area contributed by atoms with Crippen LogP contribution < -0.4 is 0 Å². The average Bonchev–Trinajstić information content (AvgIpc) is 2.81. The van der Waals surface area contributed by atoms with E-state index in [0.717, 1.165) is 0 Å². The summed E-state index contributed by atoms with van der Waals surface area (Å²) in [5.74, 6) is -0.255. The van der Waals surface area contributed by atoms with Crippen molar-refractivity contribution >= 4 is 11.7 Å². The van der Waals surface area contributed by atoms with E-state index >= 15 is 0 Å². The number of hydrogen-bond donors (Lipinski definition) is 0. The number of hydrogen-bond acceptors (Lipinski definition) is 6. The molecule has 0 saturated carbocycles. The van der Waals surface area contributed by atoms with Gasteiger partial charge in [0.15, 0.2) is 0 Å². The van der Waals surface area contributed by atoms with Gasteiger partial charge in [0, 0.05) is 11.6 Å². The molecule has 110 valence electrons. The van der Waals surface area contributed by atoms with Crippen LogP contribution >= 0.6 is 0 Å². The molecule has 0 spiro atoms. The summed E-state index contributed by atoms with van der Waals surface area (Å²) in [4.78, 5) is 26.4. The number of rotatable bonds is 4. The van der Waals surface area contributed by atoms with Gasteiger partial charge in [0.05, 0.1) is 17.2 Å². The highest BCUT2D eigenvalue weighted by Gasteiger charge is 2.20. The number of carbonyl (C=O) groups is 1. The van der Waals surface area contributed by atoms with Crippen LogP contribution in [0.2, 0.25) is 0 Å². The number of aromatic nitrogens is 3. The molecule has 0 unspecified atom stereocenters. The number of nitro groups is 1. The van der Waals surface area contributed by atoms with E-state index in [1.807, 2.05) is 0 Å². The summed E-state index contributed by atoms with van der Waals surface area (Å²) in [7, 11) is 0. The zero-order valence-corrected chi connectivity index (χ0v) is 11.9. The molecule has 8 heteroatoms. The molecule has 0 amide bonds. The Morgan fingerprint density at radius 3 is 2.76 bits per heavy atom. The van der Waals surface area contributed by atoms with Crippen LogP contribution in [0.15, 0.2) is 18.2 Å². The van der Waals surface area contributed by atoms with Crippen molar-refractivity contribution in [2.45, 2.75) is 20.8 Å². The van der Waals surface area contributed by atoms with Crippen molar-refractivity contribution in [3.8, 4) is 5.69 Å². The molecule has 1 aromatic carbocycles. The van der Waals surface area contributed by atoms with E-state index < -0.39 is 10.9 Å². The van der Waals surface area contributed by atoms with Gasteiger partial charge in [-0.3, -0.25) is 10.1 Å². The molecule has 0 bridgehead atoms. The van der Waals surface area contributed by atoms with E-state index in [9.17, 15) is 14.9 Å². The maximum Gasteiger partial charge on any atom is 0.376 e. The van der Waals surface area contributed by atoms with Gasteiger partial charge in [0.1, 0.15) is 5.82 Å². The number of esters is 1. The Hall–Kier alpha value is -2.77. The predicted molar refractivity (Wildman–Crippen MR) is 73.4 cm³/mol. The number of carbonyl (C=O) groups excluding carboxylic acids is 1. The molecule has 0 aliphatic rings. The molecule has 0 atom stereocenters. The van der Waals surface area contributed by atoms with Crippen LogP contribution in [0.3, 0.4) is 0 Å². The second kappa shape index (κ2) is 5.70. The molecule has 0 aliphatic carbocycles. The van der Waals surface area contributed by atoms with Crippen molar-refractivity contribution < 1.29 is 14.5 Å². The van der Waals surface area contributed by atoms with Gasteiger partial charge in [-0.05, 0) is 26.8 Å². The van der Waals surface area contributed by atoms with Crippen molar-refractivity contribution in [2.75, 3.05) is 6.61 Å². The van der Waals surface area contributed by atoms with Gasteiger partial charge < -0.3 is 4.74 Å². The standard InChI is InChI=1S/C13H14N4O4/c1-4-21-13(18)12-14-9(3)15-16(12)10-6-5-8(2)11(7-10)17(19)20/h5-7H,4H2,1-3H3. The molecular weight excluding hydrogens is 276 g/mol. The fourth-order valence-corrected chi connectivity index (χ4v) is 1.85. The molecule has 8 nitrogen and oxygen atoms in total. The lowest BCUT2D eigenvalue weighted by Crippen LogP contribution is -2.13. The second-order valence-electron chi connectivity index (χ2n) is 4.34. The van der Waals surface area contributed by atoms with Gasteiger partial charge in [0.25, 0.3) is 5.69 Å².